The van der Waals surface area contributed by atoms with Crippen LogP contribution in [-0.4, -0.2) is 8.42 Å². The largest absolute Gasteiger partial charge is 0.399 e. The van der Waals surface area contributed by atoms with E-state index in [4.69, 9.17) is 5.73 Å². The van der Waals surface area contributed by atoms with Crippen molar-refractivity contribution >= 4 is 21.4 Å². The molecule has 0 saturated heterocycles. The molecule has 6 heteroatoms. The van der Waals surface area contributed by atoms with Crippen LogP contribution in [0.25, 0.3) is 0 Å². The number of nitrogens with one attached hydrogen (secondary N) is 1. The molecular weight excluding hydrogens is 279 g/mol. The van der Waals surface area contributed by atoms with Crippen LogP contribution in [0.5, 0.6) is 0 Å². The van der Waals surface area contributed by atoms with Gasteiger partial charge in [-0.3, -0.25) is 4.72 Å². The summed E-state index contributed by atoms with van der Waals surface area (Å²) in [5.74, 6) is -0.668. The molecule has 0 spiro atoms. The zero-order valence-electron chi connectivity index (χ0n) is 10.9. The van der Waals surface area contributed by atoms with E-state index in [1.54, 1.807) is 37.3 Å². The summed E-state index contributed by atoms with van der Waals surface area (Å²) in [6.07, 6.45) is 0. The average molecular weight is 294 g/mol. The highest BCUT2D eigenvalue weighted by Gasteiger charge is 2.12. The van der Waals surface area contributed by atoms with Crippen LogP contribution in [0.1, 0.15) is 11.1 Å². The molecule has 2 rings (SSSR count). The maximum absolute atomic E-state index is 13.2. The highest BCUT2D eigenvalue weighted by atomic mass is 32.2. The Labute approximate surface area is 117 Å². The van der Waals surface area contributed by atoms with Crippen molar-refractivity contribution in [1.82, 2.24) is 0 Å². The van der Waals surface area contributed by atoms with E-state index in [-0.39, 0.29) is 11.4 Å². The van der Waals surface area contributed by atoms with Gasteiger partial charge >= 0.3 is 0 Å². The Kier molecular flexibility index (Phi) is 3.94. The molecule has 0 aromatic heterocycles. The first-order valence-corrected chi connectivity index (χ1v) is 7.61. The van der Waals surface area contributed by atoms with Gasteiger partial charge < -0.3 is 5.73 Å². The van der Waals surface area contributed by atoms with Crippen molar-refractivity contribution in [1.29, 1.82) is 0 Å². The Morgan fingerprint density at radius 1 is 1.15 bits per heavy atom. The summed E-state index contributed by atoms with van der Waals surface area (Å²) in [7, 11) is -3.59. The molecule has 0 radical (unpaired) electrons. The lowest BCUT2D eigenvalue weighted by Crippen LogP contribution is -2.15. The molecule has 0 bridgehead atoms. The van der Waals surface area contributed by atoms with Crippen LogP contribution in [0, 0.1) is 12.7 Å². The van der Waals surface area contributed by atoms with E-state index >= 15 is 0 Å². The van der Waals surface area contributed by atoms with Crippen LogP contribution >= 0.6 is 0 Å². The second-order valence-corrected chi connectivity index (χ2v) is 6.34. The van der Waals surface area contributed by atoms with Crippen molar-refractivity contribution in [2.45, 2.75) is 12.7 Å². The number of nitrogens with two attached hydrogens (primary N) is 1. The summed E-state index contributed by atoms with van der Waals surface area (Å²) in [5, 5.41) is 0. The molecule has 0 heterocycles. The molecule has 0 unspecified atom stereocenters. The molecule has 0 atom stereocenters. The van der Waals surface area contributed by atoms with Gasteiger partial charge in [0.25, 0.3) is 0 Å². The molecule has 0 saturated carbocycles. The molecule has 106 valence electrons. The zero-order valence-corrected chi connectivity index (χ0v) is 11.7. The van der Waals surface area contributed by atoms with Gasteiger partial charge in [-0.05, 0) is 48.4 Å². The summed E-state index contributed by atoms with van der Waals surface area (Å²) < 4.78 is 39.6. The maximum atomic E-state index is 13.2. The van der Waals surface area contributed by atoms with Gasteiger partial charge in [0.2, 0.25) is 10.0 Å². The van der Waals surface area contributed by atoms with Gasteiger partial charge in [-0.25, -0.2) is 12.8 Å². The van der Waals surface area contributed by atoms with Crippen LogP contribution in [0.2, 0.25) is 0 Å². The fourth-order valence-corrected chi connectivity index (χ4v) is 3.02. The lowest BCUT2D eigenvalue weighted by molar-refractivity contribution is 0.600. The third-order valence-corrected chi connectivity index (χ3v) is 3.91. The first-order valence-electron chi connectivity index (χ1n) is 5.96. The second-order valence-electron chi connectivity index (χ2n) is 4.62. The molecule has 2 aromatic carbocycles. The quantitative estimate of drug-likeness (QED) is 0.851. The molecule has 0 aliphatic heterocycles. The molecular formula is C14H15FN2O2S. The summed E-state index contributed by atoms with van der Waals surface area (Å²) in [6.45, 7) is 1.70. The van der Waals surface area contributed by atoms with Crippen molar-refractivity contribution in [2.24, 2.45) is 0 Å². The Hall–Kier alpha value is -2.08. The number of hydrogen-bond acceptors (Lipinski definition) is 3. The Morgan fingerprint density at radius 2 is 1.80 bits per heavy atom. The van der Waals surface area contributed by atoms with Gasteiger partial charge in [0.1, 0.15) is 5.82 Å². The molecule has 4 nitrogen and oxygen atoms in total. The molecule has 3 N–H and O–H groups in total. The number of aryl methyl sites for hydroxylation is 1. The minimum Gasteiger partial charge on any atom is -0.399 e. The van der Waals surface area contributed by atoms with Gasteiger partial charge in [-0.15, -0.1) is 0 Å². The smallest absolute Gasteiger partial charge is 0.236 e. The highest BCUT2D eigenvalue weighted by Crippen LogP contribution is 2.17. The molecule has 20 heavy (non-hydrogen) atoms. The van der Waals surface area contributed by atoms with E-state index in [0.29, 0.717) is 16.8 Å². The summed E-state index contributed by atoms with van der Waals surface area (Å²) in [6, 6.07) is 10.6. The van der Waals surface area contributed by atoms with E-state index in [1.807, 2.05) is 0 Å². The lowest BCUT2D eigenvalue weighted by atomic mass is 10.2. The van der Waals surface area contributed by atoms with Crippen LogP contribution in [0.3, 0.4) is 0 Å². The fourth-order valence-electron chi connectivity index (χ4n) is 1.84. The number of halogens is 1. The average Bonchev–Trinajstić information content (AvgIpc) is 2.29. The lowest BCUT2D eigenvalue weighted by Gasteiger charge is -2.09. The normalized spacial score (nSPS) is 11.3. The predicted octanol–water partition coefficient (Wildman–Crippen LogP) is 2.66. The molecule has 0 fully saturated rings. The Bertz CT molecular complexity index is 692. The predicted molar refractivity (Wildman–Crippen MR) is 78.2 cm³/mol. The Morgan fingerprint density at radius 3 is 2.40 bits per heavy atom. The number of anilines is 2. The van der Waals surface area contributed by atoms with Crippen LogP contribution in [-0.2, 0) is 15.8 Å². The second kappa shape index (κ2) is 5.50. The molecule has 0 aliphatic carbocycles. The van der Waals surface area contributed by atoms with Crippen molar-refractivity contribution in [3.05, 3.63) is 59.4 Å². The van der Waals surface area contributed by atoms with Gasteiger partial charge in [0.05, 0.1) is 11.4 Å². The number of hydrogen-bond donors (Lipinski definition) is 2. The first kappa shape index (κ1) is 14.3. The maximum Gasteiger partial charge on any atom is 0.236 e. The third kappa shape index (κ3) is 3.96. The number of benzene rings is 2. The van der Waals surface area contributed by atoms with Crippen molar-refractivity contribution in [3.63, 3.8) is 0 Å². The van der Waals surface area contributed by atoms with Crippen molar-refractivity contribution in [2.75, 3.05) is 10.5 Å². The number of nitrogen functional groups attached to an aromatic ring is 1. The van der Waals surface area contributed by atoms with Gasteiger partial charge in [0, 0.05) is 5.69 Å². The minimum atomic E-state index is -3.59. The summed E-state index contributed by atoms with van der Waals surface area (Å²) >= 11 is 0. The van der Waals surface area contributed by atoms with Crippen LogP contribution < -0.4 is 10.5 Å². The molecule has 0 amide bonds. The van der Waals surface area contributed by atoms with Crippen LogP contribution in [0.4, 0.5) is 15.8 Å². The monoisotopic (exact) mass is 294 g/mol. The van der Waals surface area contributed by atoms with Gasteiger partial charge in [-0.1, -0.05) is 12.1 Å². The third-order valence-electron chi connectivity index (χ3n) is 2.65. The summed E-state index contributed by atoms with van der Waals surface area (Å²) in [4.78, 5) is 0. The highest BCUT2D eigenvalue weighted by molar-refractivity contribution is 7.91. The topological polar surface area (TPSA) is 72.2 Å². The SMILES string of the molecule is Cc1cc(F)cc(NS(=O)(=O)Cc2ccc(N)cc2)c1. The number of sulfonamides is 1. The zero-order chi connectivity index (χ0) is 14.8. The van der Waals surface area contributed by atoms with Gasteiger partial charge in [-0.2, -0.15) is 0 Å². The van der Waals surface area contributed by atoms with Crippen LogP contribution in [0.15, 0.2) is 42.5 Å². The van der Waals surface area contributed by atoms with Crippen molar-refractivity contribution < 1.29 is 12.8 Å². The summed E-state index contributed by atoms with van der Waals surface area (Å²) in [5.41, 5.74) is 7.59. The van der Waals surface area contributed by atoms with Gasteiger partial charge in [0.15, 0.2) is 0 Å². The van der Waals surface area contributed by atoms with E-state index in [1.165, 1.54) is 6.07 Å². The number of rotatable bonds is 4. The standard InChI is InChI=1S/C14H15FN2O2S/c1-10-6-12(15)8-14(7-10)17-20(18,19)9-11-2-4-13(16)5-3-11/h2-8,17H,9,16H2,1H3. The van der Waals surface area contributed by atoms with E-state index in [2.05, 4.69) is 4.72 Å². The van der Waals surface area contributed by atoms with Crippen molar-refractivity contribution in [3.8, 4) is 0 Å². The first-order chi connectivity index (χ1) is 9.34. The van der Waals surface area contributed by atoms with E-state index in [0.717, 1.165) is 6.07 Å². The Balaban J connectivity index is 2.16. The minimum absolute atomic E-state index is 0.192. The van der Waals surface area contributed by atoms with E-state index in [9.17, 15) is 12.8 Å². The molecule has 2 aromatic rings. The molecule has 0 aliphatic rings. The fraction of sp³-hybridized carbons (Fsp3) is 0.143. The van der Waals surface area contributed by atoms with E-state index < -0.39 is 15.8 Å².